The number of rotatable bonds is 5. The second kappa shape index (κ2) is 6.77. The van der Waals surface area contributed by atoms with Gasteiger partial charge in [0.15, 0.2) is 12.1 Å². The van der Waals surface area contributed by atoms with E-state index in [1.165, 1.54) is 35.3 Å². The SMILES string of the molecule is Cc1ccc(COc2ccnn2-c2cc(C(O)O)ccn2)cc1F. The molecule has 24 heavy (non-hydrogen) atoms. The molecule has 0 aliphatic carbocycles. The molecule has 0 amide bonds. The van der Waals surface area contributed by atoms with Gasteiger partial charge in [0, 0.05) is 17.8 Å². The highest BCUT2D eigenvalue weighted by Gasteiger charge is 2.11. The lowest BCUT2D eigenvalue weighted by Crippen LogP contribution is -2.06. The Kier molecular flexibility index (Phi) is 4.54. The molecule has 7 heteroatoms. The molecule has 2 heterocycles. The summed E-state index contributed by atoms with van der Waals surface area (Å²) in [5.74, 6) is 0.514. The second-order valence-electron chi connectivity index (χ2n) is 5.27. The highest BCUT2D eigenvalue weighted by atomic mass is 19.1. The second-order valence-corrected chi connectivity index (χ2v) is 5.27. The topological polar surface area (TPSA) is 80.4 Å². The molecule has 0 saturated heterocycles. The highest BCUT2D eigenvalue weighted by Crippen LogP contribution is 2.19. The lowest BCUT2D eigenvalue weighted by atomic mass is 10.1. The Morgan fingerprint density at radius 2 is 2.00 bits per heavy atom. The number of aliphatic hydroxyl groups excluding tert-OH is 1. The molecule has 3 aromatic rings. The van der Waals surface area contributed by atoms with Crippen molar-refractivity contribution in [1.29, 1.82) is 0 Å². The Balaban J connectivity index is 1.80. The van der Waals surface area contributed by atoms with E-state index in [1.807, 2.05) is 0 Å². The Morgan fingerprint density at radius 3 is 2.75 bits per heavy atom. The highest BCUT2D eigenvalue weighted by molar-refractivity contribution is 5.32. The minimum atomic E-state index is -1.60. The third-order valence-corrected chi connectivity index (χ3v) is 3.52. The summed E-state index contributed by atoms with van der Waals surface area (Å²) in [6.45, 7) is 1.87. The molecule has 1 aromatic carbocycles. The first kappa shape index (κ1) is 16.1. The van der Waals surface area contributed by atoms with E-state index >= 15 is 0 Å². The van der Waals surface area contributed by atoms with Gasteiger partial charge in [-0.25, -0.2) is 9.37 Å². The number of hydrogen-bond donors (Lipinski definition) is 2. The maximum absolute atomic E-state index is 13.6. The summed E-state index contributed by atoms with van der Waals surface area (Å²) in [6, 6.07) is 9.55. The van der Waals surface area contributed by atoms with Crippen molar-refractivity contribution in [1.82, 2.24) is 14.8 Å². The number of hydrogen-bond acceptors (Lipinski definition) is 5. The molecule has 0 bridgehead atoms. The first-order valence-electron chi connectivity index (χ1n) is 7.29. The largest absolute Gasteiger partial charge is 0.473 e. The quantitative estimate of drug-likeness (QED) is 0.702. The normalized spacial score (nSPS) is 11.0. The van der Waals surface area contributed by atoms with Crippen LogP contribution in [0.5, 0.6) is 5.88 Å². The van der Waals surface area contributed by atoms with Crippen LogP contribution < -0.4 is 4.74 Å². The fourth-order valence-electron chi connectivity index (χ4n) is 2.17. The number of aromatic nitrogens is 3. The molecule has 3 rings (SSSR count). The lowest BCUT2D eigenvalue weighted by Gasteiger charge is -2.10. The van der Waals surface area contributed by atoms with Crippen molar-refractivity contribution in [3.05, 3.63) is 71.3 Å². The van der Waals surface area contributed by atoms with Crippen molar-refractivity contribution in [2.45, 2.75) is 19.8 Å². The molecule has 0 spiro atoms. The Hall–Kier alpha value is -2.77. The fraction of sp³-hybridized carbons (Fsp3) is 0.176. The maximum atomic E-state index is 13.6. The number of pyridine rings is 1. The number of nitrogens with zero attached hydrogens (tertiary/aromatic N) is 3. The van der Waals surface area contributed by atoms with Gasteiger partial charge in [0.05, 0.1) is 6.20 Å². The average molecular weight is 329 g/mol. The summed E-state index contributed by atoms with van der Waals surface area (Å²) >= 11 is 0. The van der Waals surface area contributed by atoms with E-state index in [0.717, 1.165) is 0 Å². The predicted octanol–water partition coefficient (Wildman–Crippen LogP) is 2.28. The van der Waals surface area contributed by atoms with Crippen LogP contribution >= 0.6 is 0 Å². The molecule has 0 fully saturated rings. The molecule has 0 aliphatic rings. The lowest BCUT2D eigenvalue weighted by molar-refractivity contribution is -0.0425. The van der Waals surface area contributed by atoms with Gasteiger partial charge in [-0.3, -0.25) is 0 Å². The van der Waals surface area contributed by atoms with Gasteiger partial charge in [0.25, 0.3) is 0 Å². The van der Waals surface area contributed by atoms with Crippen LogP contribution in [0.3, 0.4) is 0 Å². The van der Waals surface area contributed by atoms with Crippen LogP contribution in [0.15, 0.2) is 48.8 Å². The summed E-state index contributed by atoms with van der Waals surface area (Å²) in [5, 5.41) is 22.6. The molecule has 0 aliphatic heterocycles. The number of aryl methyl sites for hydroxylation is 1. The monoisotopic (exact) mass is 329 g/mol. The van der Waals surface area contributed by atoms with E-state index in [-0.39, 0.29) is 12.4 Å². The van der Waals surface area contributed by atoms with E-state index in [9.17, 15) is 14.6 Å². The predicted molar refractivity (Wildman–Crippen MR) is 84.0 cm³/mol. The third-order valence-electron chi connectivity index (χ3n) is 3.52. The molecule has 0 saturated carbocycles. The minimum Gasteiger partial charge on any atom is -0.473 e. The van der Waals surface area contributed by atoms with Crippen molar-refractivity contribution in [2.75, 3.05) is 0 Å². The van der Waals surface area contributed by atoms with Gasteiger partial charge in [-0.2, -0.15) is 9.78 Å². The summed E-state index contributed by atoms with van der Waals surface area (Å²) in [5.41, 5.74) is 1.56. The zero-order valence-electron chi connectivity index (χ0n) is 12.9. The van der Waals surface area contributed by atoms with E-state index < -0.39 is 6.29 Å². The van der Waals surface area contributed by atoms with Gasteiger partial charge < -0.3 is 14.9 Å². The van der Waals surface area contributed by atoms with E-state index in [1.54, 1.807) is 25.1 Å². The number of halogens is 1. The summed E-state index contributed by atoms with van der Waals surface area (Å²) in [7, 11) is 0. The van der Waals surface area contributed by atoms with Crippen LogP contribution in [0.2, 0.25) is 0 Å². The molecular weight excluding hydrogens is 313 g/mol. The van der Waals surface area contributed by atoms with Gasteiger partial charge in [-0.15, -0.1) is 0 Å². The molecule has 2 aromatic heterocycles. The zero-order valence-corrected chi connectivity index (χ0v) is 12.9. The van der Waals surface area contributed by atoms with E-state index in [4.69, 9.17) is 4.74 Å². The summed E-state index contributed by atoms with van der Waals surface area (Å²) in [6.07, 6.45) is 1.39. The maximum Gasteiger partial charge on any atom is 0.218 e. The molecule has 0 radical (unpaired) electrons. The summed E-state index contributed by atoms with van der Waals surface area (Å²) in [4.78, 5) is 4.14. The van der Waals surface area contributed by atoms with Crippen molar-refractivity contribution in [3.63, 3.8) is 0 Å². The van der Waals surface area contributed by atoms with Crippen LogP contribution in [0, 0.1) is 12.7 Å². The molecule has 6 nitrogen and oxygen atoms in total. The van der Waals surface area contributed by atoms with E-state index in [0.29, 0.717) is 28.4 Å². The van der Waals surface area contributed by atoms with Gasteiger partial charge in [0.1, 0.15) is 12.4 Å². The van der Waals surface area contributed by atoms with Crippen LogP contribution in [0.25, 0.3) is 5.82 Å². The Labute approximate surface area is 137 Å². The van der Waals surface area contributed by atoms with Gasteiger partial charge in [-0.05, 0) is 36.2 Å². The Morgan fingerprint density at radius 1 is 1.17 bits per heavy atom. The van der Waals surface area contributed by atoms with Gasteiger partial charge in [-0.1, -0.05) is 12.1 Å². The van der Waals surface area contributed by atoms with Gasteiger partial charge in [0.2, 0.25) is 5.88 Å². The molecular formula is C17H16FN3O3. The van der Waals surface area contributed by atoms with Crippen molar-refractivity contribution in [3.8, 4) is 11.7 Å². The van der Waals surface area contributed by atoms with E-state index in [2.05, 4.69) is 10.1 Å². The first-order chi connectivity index (χ1) is 11.5. The number of ether oxygens (including phenoxy) is 1. The smallest absolute Gasteiger partial charge is 0.218 e. The molecule has 0 unspecified atom stereocenters. The number of aliphatic hydroxyl groups is 2. The molecule has 0 atom stereocenters. The van der Waals surface area contributed by atoms with Crippen LogP contribution in [0.4, 0.5) is 4.39 Å². The van der Waals surface area contributed by atoms with Gasteiger partial charge >= 0.3 is 0 Å². The Bertz CT molecular complexity index is 849. The molecule has 2 N–H and O–H groups in total. The number of benzene rings is 1. The standard InChI is InChI=1S/C17H16FN3O3/c1-11-2-3-12(8-14(11)18)10-24-16-5-7-20-21(16)15-9-13(17(22)23)4-6-19-15/h2-9,17,22-23H,10H2,1H3. The van der Waals surface area contributed by atoms with Crippen LogP contribution in [-0.2, 0) is 6.61 Å². The fourth-order valence-corrected chi connectivity index (χ4v) is 2.17. The van der Waals surface area contributed by atoms with Crippen LogP contribution in [0.1, 0.15) is 23.0 Å². The summed E-state index contributed by atoms with van der Waals surface area (Å²) < 4.78 is 20.7. The van der Waals surface area contributed by atoms with Crippen molar-refractivity contribution >= 4 is 0 Å². The van der Waals surface area contributed by atoms with Crippen LogP contribution in [-0.4, -0.2) is 25.0 Å². The minimum absolute atomic E-state index is 0.172. The zero-order chi connectivity index (χ0) is 17.1. The third kappa shape index (κ3) is 3.42. The first-order valence-corrected chi connectivity index (χ1v) is 7.29. The molecule has 124 valence electrons. The van der Waals surface area contributed by atoms with Crippen molar-refractivity contribution in [2.24, 2.45) is 0 Å². The average Bonchev–Trinajstić information content (AvgIpc) is 3.04. The van der Waals surface area contributed by atoms with Crippen molar-refractivity contribution < 1.29 is 19.3 Å².